The summed E-state index contributed by atoms with van der Waals surface area (Å²) in [6.45, 7) is 6.00. The van der Waals surface area contributed by atoms with Crippen molar-refractivity contribution in [1.29, 1.82) is 0 Å². The van der Waals surface area contributed by atoms with Crippen molar-refractivity contribution in [3.05, 3.63) is 17.5 Å². The maximum absolute atomic E-state index is 13.1. The van der Waals surface area contributed by atoms with E-state index in [1.54, 1.807) is 7.05 Å². The van der Waals surface area contributed by atoms with E-state index in [0.717, 1.165) is 32.1 Å². The summed E-state index contributed by atoms with van der Waals surface area (Å²) in [6, 6.07) is 0. The number of aryl methyl sites for hydroxylation is 1. The van der Waals surface area contributed by atoms with Crippen molar-refractivity contribution >= 4 is 0 Å². The van der Waals surface area contributed by atoms with E-state index >= 15 is 0 Å². The van der Waals surface area contributed by atoms with Gasteiger partial charge in [-0.2, -0.15) is 18.3 Å². The van der Waals surface area contributed by atoms with E-state index in [1.807, 2.05) is 13.8 Å². The van der Waals surface area contributed by atoms with Gasteiger partial charge in [-0.05, 0) is 18.3 Å². The Morgan fingerprint density at radius 3 is 2.30 bits per heavy atom. The Hall–Kier alpha value is -1.00. The third kappa shape index (κ3) is 4.00. The standard InChI is InChI=1S/C15H25F3N2/c1-5-7-8-9-10-14(3,6-2)12-11-20(4)19-13(12)15(16,17)18/h11H,5-10H2,1-4H3/t14-/m0/s1. The Labute approximate surface area is 119 Å². The lowest BCUT2D eigenvalue weighted by molar-refractivity contribution is -0.142. The van der Waals surface area contributed by atoms with Gasteiger partial charge in [-0.3, -0.25) is 4.68 Å². The monoisotopic (exact) mass is 290 g/mol. The molecule has 0 aliphatic carbocycles. The van der Waals surface area contributed by atoms with Crippen LogP contribution in [-0.2, 0) is 18.6 Å². The van der Waals surface area contributed by atoms with Crippen LogP contribution in [0.4, 0.5) is 13.2 Å². The molecule has 1 rings (SSSR count). The first-order valence-electron chi connectivity index (χ1n) is 7.36. The topological polar surface area (TPSA) is 17.8 Å². The molecule has 1 aromatic heterocycles. The molecule has 1 atom stereocenters. The van der Waals surface area contributed by atoms with Crippen LogP contribution in [0.5, 0.6) is 0 Å². The Balaban J connectivity index is 2.99. The Morgan fingerprint density at radius 1 is 1.15 bits per heavy atom. The first kappa shape index (κ1) is 17.1. The van der Waals surface area contributed by atoms with Gasteiger partial charge in [-0.15, -0.1) is 0 Å². The molecule has 0 fully saturated rings. The van der Waals surface area contributed by atoms with Crippen LogP contribution < -0.4 is 0 Å². The number of unbranched alkanes of at least 4 members (excludes halogenated alkanes) is 3. The van der Waals surface area contributed by atoms with Gasteiger partial charge in [0.25, 0.3) is 0 Å². The fraction of sp³-hybridized carbons (Fsp3) is 0.800. The SMILES string of the molecule is CCCCCC[C@](C)(CC)c1cn(C)nc1C(F)(F)F. The number of rotatable bonds is 7. The maximum Gasteiger partial charge on any atom is 0.435 e. The molecule has 0 bridgehead atoms. The number of aromatic nitrogens is 2. The normalized spacial score (nSPS) is 15.3. The lowest BCUT2D eigenvalue weighted by Gasteiger charge is -2.29. The van der Waals surface area contributed by atoms with Crippen molar-refractivity contribution in [3.8, 4) is 0 Å². The molecule has 116 valence electrons. The summed E-state index contributed by atoms with van der Waals surface area (Å²) in [6.07, 6.45) is 2.93. The van der Waals surface area contributed by atoms with Gasteiger partial charge < -0.3 is 0 Å². The van der Waals surface area contributed by atoms with E-state index in [2.05, 4.69) is 12.0 Å². The molecule has 0 saturated heterocycles. The van der Waals surface area contributed by atoms with Gasteiger partial charge in [-0.25, -0.2) is 0 Å². The van der Waals surface area contributed by atoms with Crippen LogP contribution in [0.15, 0.2) is 6.20 Å². The fourth-order valence-corrected chi connectivity index (χ4v) is 2.58. The highest BCUT2D eigenvalue weighted by atomic mass is 19.4. The molecule has 20 heavy (non-hydrogen) atoms. The zero-order valence-corrected chi connectivity index (χ0v) is 12.8. The third-order valence-corrected chi connectivity index (χ3v) is 4.11. The molecule has 0 amide bonds. The van der Waals surface area contributed by atoms with Gasteiger partial charge in [-0.1, -0.05) is 46.5 Å². The van der Waals surface area contributed by atoms with Crippen LogP contribution in [0.25, 0.3) is 0 Å². The van der Waals surface area contributed by atoms with Crippen molar-refractivity contribution in [2.24, 2.45) is 7.05 Å². The predicted molar refractivity (Wildman–Crippen MR) is 74.6 cm³/mol. The lowest BCUT2D eigenvalue weighted by atomic mass is 9.76. The van der Waals surface area contributed by atoms with Crippen LogP contribution in [0.3, 0.4) is 0 Å². The van der Waals surface area contributed by atoms with Crippen LogP contribution in [0.1, 0.15) is 70.6 Å². The van der Waals surface area contributed by atoms with E-state index in [0.29, 0.717) is 12.0 Å². The molecular formula is C15H25F3N2. The first-order chi connectivity index (χ1) is 9.24. The second-order valence-electron chi connectivity index (χ2n) is 5.79. The summed E-state index contributed by atoms with van der Waals surface area (Å²) < 4.78 is 40.6. The highest BCUT2D eigenvalue weighted by molar-refractivity contribution is 5.29. The molecule has 0 aliphatic heterocycles. The molecular weight excluding hydrogens is 265 g/mol. The van der Waals surface area contributed by atoms with Crippen molar-refractivity contribution in [1.82, 2.24) is 9.78 Å². The summed E-state index contributed by atoms with van der Waals surface area (Å²) in [5, 5.41) is 3.63. The van der Waals surface area contributed by atoms with Gasteiger partial charge in [0.15, 0.2) is 5.69 Å². The summed E-state index contributed by atoms with van der Waals surface area (Å²) in [5.74, 6) is 0. The zero-order valence-electron chi connectivity index (χ0n) is 12.8. The van der Waals surface area contributed by atoms with Crippen LogP contribution >= 0.6 is 0 Å². The van der Waals surface area contributed by atoms with E-state index < -0.39 is 17.3 Å². The Morgan fingerprint density at radius 2 is 1.80 bits per heavy atom. The second kappa shape index (κ2) is 6.64. The molecule has 0 spiro atoms. The summed E-state index contributed by atoms with van der Waals surface area (Å²) in [5.41, 5.74) is -0.835. The van der Waals surface area contributed by atoms with Gasteiger partial charge in [0.1, 0.15) is 0 Å². The number of halogens is 3. The molecule has 1 heterocycles. The van der Waals surface area contributed by atoms with E-state index in [9.17, 15) is 13.2 Å². The van der Waals surface area contributed by atoms with Crippen LogP contribution in [-0.4, -0.2) is 9.78 Å². The average Bonchev–Trinajstić information content (AvgIpc) is 2.77. The molecule has 0 N–H and O–H groups in total. The van der Waals surface area contributed by atoms with E-state index in [-0.39, 0.29) is 0 Å². The molecule has 0 aliphatic rings. The zero-order chi connectivity index (χ0) is 15.4. The predicted octanol–water partition coefficient (Wildman–Crippen LogP) is 5.08. The number of hydrogen-bond acceptors (Lipinski definition) is 1. The second-order valence-corrected chi connectivity index (χ2v) is 5.79. The fourth-order valence-electron chi connectivity index (χ4n) is 2.58. The van der Waals surface area contributed by atoms with Crippen molar-refractivity contribution in [3.63, 3.8) is 0 Å². The Kier molecular flexibility index (Phi) is 5.66. The number of alkyl halides is 3. The van der Waals surface area contributed by atoms with Crippen LogP contribution in [0, 0.1) is 0 Å². The summed E-state index contributed by atoms with van der Waals surface area (Å²) in [7, 11) is 1.55. The molecule has 0 unspecified atom stereocenters. The minimum Gasteiger partial charge on any atom is -0.275 e. The smallest absolute Gasteiger partial charge is 0.275 e. The molecule has 2 nitrogen and oxygen atoms in total. The number of nitrogens with zero attached hydrogens (tertiary/aromatic N) is 2. The van der Waals surface area contributed by atoms with Gasteiger partial charge in [0, 0.05) is 18.8 Å². The van der Waals surface area contributed by atoms with E-state index in [4.69, 9.17) is 0 Å². The first-order valence-corrected chi connectivity index (χ1v) is 7.36. The lowest BCUT2D eigenvalue weighted by Crippen LogP contribution is -2.24. The molecule has 0 saturated carbocycles. The minimum absolute atomic E-state index is 0.339. The summed E-state index contributed by atoms with van der Waals surface area (Å²) >= 11 is 0. The summed E-state index contributed by atoms with van der Waals surface area (Å²) in [4.78, 5) is 0. The van der Waals surface area contributed by atoms with Gasteiger partial charge in [0.2, 0.25) is 0 Å². The molecule has 0 aromatic carbocycles. The van der Waals surface area contributed by atoms with Crippen molar-refractivity contribution < 1.29 is 13.2 Å². The highest BCUT2D eigenvalue weighted by Gasteiger charge is 2.41. The molecule has 5 heteroatoms. The largest absolute Gasteiger partial charge is 0.435 e. The maximum atomic E-state index is 13.1. The van der Waals surface area contributed by atoms with E-state index in [1.165, 1.54) is 10.9 Å². The number of hydrogen-bond donors (Lipinski definition) is 0. The van der Waals surface area contributed by atoms with Crippen LogP contribution in [0.2, 0.25) is 0 Å². The quantitative estimate of drug-likeness (QED) is 0.640. The molecule has 1 aromatic rings. The Bertz CT molecular complexity index is 423. The van der Waals surface area contributed by atoms with Crippen molar-refractivity contribution in [2.75, 3.05) is 0 Å². The molecule has 0 radical (unpaired) electrons. The minimum atomic E-state index is -4.38. The average molecular weight is 290 g/mol. The highest BCUT2D eigenvalue weighted by Crippen LogP contribution is 2.40. The van der Waals surface area contributed by atoms with Crippen molar-refractivity contribution in [2.45, 2.75) is 70.9 Å². The third-order valence-electron chi connectivity index (χ3n) is 4.11. The van der Waals surface area contributed by atoms with Gasteiger partial charge >= 0.3 is 6.18 Å². The van der Waals surface area contributed by atoms with Gasteiger partial charge in [0.05, 0.1) is 0 Å².